The topological polar surface area (TPSA) is 48.5 Å². The lowest BCUT2D eigenvalue weighted by molar-refractivity contribution is -0.120. The van der Waals surface area contributed by atoms with E-state index in [2.05, 4.69) is 10.3 Å². The van der Waals surface area contributed by atoms with Crippen LogP contribution in [0, 0.1) is 5.82 Å². The Balaban J connectivity index is 1.73. The number of carbonyl (C=O) groups is 1. The molecule has 0 spiro atoms. The Morgan fingerprint density at radius 2 is 1.93 bits per heavy atom. The van der Waals surface area contributed by atoms with E-state index >= 15 is 0 Å². The zero-order valence-electron chi connectivity index (χ0n) is 16.9. The molecule has 1 heterocycles. The van der Waals surface area contributed by atoms with Crippen LogP contribution in [0.1, 0.15) is 43.7 Å². The van der Waals surface area contributed by atoms with Gasteiger partial charge in [-0.2, -0.15) is 0 Å². The normalized spacial score (nSPS) is 16.0. The van der Waals surface area contributed by atoms with E-state index in [0.717, 1.165) is 18.4 Å². The molecule has 0 unspecified atom stereocenters. The Bertz CT molecular complexity index is 790. The largest absolute Gasteiger partial charge is 0.369 e. The summed E-state index contributed by atoms with van der Waals surface area (Å²) in [5.74, 6) is -0.528. The fraction of sp³-hybridized carbons (Fsp3) is 0.455. The number of hydrogen-bond donors (Lipinski definition) is 1. The molecule has 3 rings (SSSR count). The highest BCUT2D eigenvalue weighted by molar-refractivity contribution is 5.95. The molecule has 1 N–H and O–H groups in total. The summed E-state index contributed by atoms with van der Waals surface area (Å²) in [5, 5.41) is 2.84. The number of benzene rings is 1. The first kappa shape index (κ1) is 20.3. The SMILES string of the molecule is CN(c1ccc(NC(=O)[C@@H](c2cccnc2)N(C)C)cc1F)C1CCCCC1. The van der Waals surface area contributed by atoms with Crippen LogP contribution in [0.25, 0.3) is 0 Å². The van der Waals surface area contributed by atoms with Crippen molar-refractivity contribution in [3.8, 4) is 0 Å². The molecule has 2 aromatic rings. The fourth-order valence-electron chi connectivity index (χ4n) is 3.97. The molecule has 1 saturated carbocycles. The predicted octanol–water partition coefficient (Wildman–Crippen LogP) is 4.23. The van der Waals surface area contributed by atoms with Crippen molar-refractivity contribution >= 4 is 17.3 Å². The lowest BCUT2D eigenvalue weighted by Crippen LogP contribution is -2.34. The van der Waals surface area contributed by atoms with Crippen LogP contribution in [-0.2, 0) is 4.79 Å². The first-order valence-corrected chi connectivity index (χ1v) is 9.87. The second kappa shape index (κ2) is 9.15. The van der Waals surface area contributed by atoms with Crippen LogP contribution in [0.15, 0.2) is 42.7 Å². The van der Waals surface area contributed by atoms with Crippen LogP contribution in [0.5, 0.6) is 0 Å². The highest BCUT2D eigenvalue weighted by Crippen LogP contribution is 2.29. The Labute approximate surface area is 166 Å². The Morgan fingerprint density at radius 3 is 2.54 bits per heavy atom. The summed E-state index contributed by atoms with van der Waals surface area (Å²) in [6.45, 7) is 0. The third-order valence-electron chi connectivity index (χ3n) is 5.48. The summed E-state index contributed by atoms with van der Waals surface area (Å²) in [4.78, 5) is 20.8. The molecule has 1 aliphatic carbocycles. The molecule has 6 heteroatoms. The van der Waals surface area contributed by atoms with E-state index in [0.29, 0.717) is 17.4 Å². The van der Waals surface area contributed by atoms with Gasteiger partial charge in [0.1, 0.15) is 11.9 Å². The summed E-state index contributed by atoms with van der Waals surface area (Å²) < 4.78 is 14.8. The van der Waals surface area contributed by atoms with Gasteiger partial charge in [-0.1, -0.05) is 25.3 Å². The maximum absolute atomic E-state index is 14.8. The number of pyridine rings is 1. The summed E-state index contributed by atoms with van der Waals surface area (Å²) >= 11 is 0. The number of aromatic nitrogens is 1. The van der Waals surface area contributed by atoms with E-state index in [-0.39, 0.29) is 11.7 Å². The molecule has 5 nitrogen and oxygen atoms in total. The summed E-state index contributed by atoms with van der Waals surface area (Å²) in [5.41, 5.74) is 1.83. The number of amides is 1. The van der Waals surface area contributed by atoms with E-state index in [1.54, 1.807) is 30.6 Å². The van der Waals surface area contributed by atoms with Crippen molar-refractivity contribution in [2.45, 2.75) is 44.2 Å². The summed E-state index contributed by atoms with van der Waals surface area (Å²) in [6, 6.07) is 8.48. The number of carbonyl (C=O) groups excluding carboxylic acids is 1. The number of rotatable bonds is 6. The molecule has 1 atom stereocenters. The molecule has 1 amide bonds. The molecule has 1 aliphatic rings. The summed E-state index contributed by atoms with van der Waals surface area (Å²) in [7, 11) is 5.62. The number of likely N-dealkylation sites (N-methyl/N-ethyl adjacent to an activating group) is 1. The van der Waals surface area contributed by atoms with Crippen LogP contribution < -0.4 is 10.2 Å². The van der Waals surface area contributed by atoms with Crippen molar-refractivity contribution in [1.82, 2.24) is 9.88 Å². The van der Waals surface area contributed by atoms with Crippen molar-refractivity contribution in [3.05, 3.63) is 54.1 Å². The number of nitrogens with one attached hydrogen (secondary N) is 1. The molecular formula is C22H29FN4O. The van der Waals surface area contributed by atoms with Gasteiger partial charge >= 0.3 is 0 Å². The van der Waals surface area contributed by atoms with Crippen molar-refractivity contribution in [1.29, 1.82) is 0 Å². The second-order valence-corrected chi connectivity index (χ2v) is 7.71. The van der Waals surface area contributed by atoms with Crippen LogP contribution in [0.3, 0.4) is 0 Å². The molecular weight excluding hydrogens is 355 g/mol. The quantitative estimate of drug-likeness (QED) is 0.810. The van der Waals surface area contributed by atoms with Gasteiger partial charge in [0.05, 0.1) is 5.69 Å². The minimum atomic E-state index is -0.499. The van der Waals surface area contributed by atoms with E-state index in [9.17, 15) is 9.18 Å². The molecule has 0 aliphatic heterocycles. The highest BCUT2D eigenvalue weighted by Gasteiger charge is 2.24. The maximum Gasteiger partial charge on any atom is 0.246 e. The average molecular weight is 384 g/mol. The van der Waals surface area contributed by atoms with E-state index in [1.165, 1.54) is 25.3 Å². The van der Waals surface area contributed by atoms with Crippen LogP contribution in [-0.4, -0.2) is 43.0 Å². The zero-order chi connectivity index (χ0) is 20.1. The maximum atomic E-state index is 14.8. The molecule has 28 heavy (non-hydrogen) atoms. The molecule has 1 fully saturated rings. The number of anilines is 2. The monoisotopic (exact) mass is 384 g/mol. The standard InChI is InChI=1S/C22H29FN4O/c1-26(2)21(16-8-7-13-24-15-16)22(28)25-17-11-12-20(19(23)14-17)27(3)18-9-5-4-6-10-18/h7-8,11-15,18,21H,4-6,9-10H2,1-3H3,(H,25,28)/t21-/m1/s1. The van der Waals surface area contributed by atoms with Crippen molar-refractivity contribution in [2.75, 3.05) is 31.4 Å². The lowest BCUT2D eigenvalue weighted by atomic mass is 9.94. The third-order valence-corrected chi connectivity index (χ3v) is 5.48. The molecule has 1 aromatic heterocycles. The molecule has 0 saturated heterocycles. The Morgan fingerprint density at radius 1 is 1.18 bits per heavy atom. The minimum Gasteiger partial charge on any atom is -0.369 e. The van der Waals surface area contributed by atoms with E-state index in [1.807, 2.05) is 37.0 Å². The van der Waals surface area contributed by atoms with Gasteiger partial charge in [0, 0.05) is 31.2 Å². The Hall–Kier alpha value is -2.47. The smallest absolute Gasteiger partial charge is 0.246 e. The number of hydrogen-bond acceptors (Lipinski definition) is 4. The molecule has 0 bridgehead atoms. The third kappa shape index (κ3) is 4.68. The van der Waals surface area contributed by atoms with E-state index < -0.39 is 6.04 Å². The Kier molecular flexibility index (Phi) is 6.62. The van der Waals surface area contributed by atoms with Crippen molar-refractivity contribution in [3.63, 3.8) is 0 Å². The van der Waals surface area contributed by atoms with Crippen LogP contribution in [0.4, 0.5) is 15.8 Å². The zero-order valence-corrected chi connectivity index (χ0v) is 16.9. The first-order valence-electron chi connectivity index (χ1n) is 9.87. The van der Waals surface area contributed by atoms with Gasteiger partial charge in [0.2, 0.25) is 5.91 Å². The van der Waals surface area contributed by atoms with Gasteiger partial charge in [0.25, 0.3) is 0 Å². The number of halogens is 1. The van der Waals surface area contributed by atoms with Gasteiger partial charge < -0.3 is 10.2 Å². The van der Waals surface area contributed by atoms with Gasteiger partial charge in [-0.15, -0.1) is 0 Å². The van der Waals surface area contributed by atoms with Crippen molar-refractivity contribution in [2.24, 2.45) is 0 Å². The van der Waals surface area contributed by atoms with Crippen molar-refractivity contribution < 1.29 is 9.18 Å². The highest BCUT2D eigenvalue weighted by atomic mass is 19.1. The fourth-order valence-corrected chi connectivity index (χ4v) is 3.97. The van der Waals surface area contributed by atoms with Gasteiger partial charge in [0.15, 0.2) is 0 Å². The van der Waals surface area contributed by atoms with E-state index in [4.69, 9.17) is 0 Å². The second-order valence-electron chi connectivity index (χ2n) is 7.71. The summed E-state index contributed by atoms with van der Waals surface area (Å²) in [6.07, 6.45) is 9.21. The minimum absolute atomic E-state index is 0.217. The average Bonchev–Trinajstić information content (AvgIpc) is 2.69. The first-order chi connectivity index (χ1) is 13.5. The molecule has 0 radical (unpaired) electrons. The van der Waals surface area contributed by atoms with Crippen LogP contribution >= 0.6 is 0 Å². The van der Waals surface area contributed by atoms with Gasteiger partial charge in [-0.05, 0) is 56.8 Å². The molecule has 1 aromatic carbocycles. The lowest BCUT2D eigenvalue weighted by Gasteiger charge is -2.33. The van der Waals surface area contributed by atoms with Crippen LogP contribution in [0.2, 0.25) is 0 Å². The predicted molar refractivity (Wildman–Crippen MR) is 111 cm³/mol. The van der Waals surface area contributed by atoms with Gasteiger partial charge in [-0.3, -0.25) is 14.7 Å². The number of nitrogens with zero attached hydrogens (tertiary/aromatic N) is 3. The van der Waals surface area contributed by atoms with Gasteiger partial charge in [-0.25, -0.2) is 4.39 Å². The molecule has 150 valence electrons.